The van der Waals surface area contributed by atoms with Gasteiger partial charge in [-0.15, -0.1) is 0 Å². The third kappa shape index (κ3) is 3.55. The zero-order chi connectivity index (χ0) is 14.7. The average molecular weight is 297 g/mol. The van der Waals surface area contributed by atoms with Gasteiger partial charge in [0.05, 0.1) is 4.90 Å². The summed E-state index contributed by atoms with van der Waals surface area (Å²) in [4.78, 5) is -0.0197. The van der Waals surface area contributed by atoms with E-state index in [4.69, 9.17) is 5.73 Å². The lowest BCUT2D eigenvalue weighted by Gasteiger charge is -2.10. The lowest BCUT2D eigenvalue weighted by atomic mass is 10.1. The van der Waals surface area contributed by atoms with Gasteiger partial charge in [0, 0.05) is 10.9 Å². The summed E-state index contributed by atoms with van der Waals surface area (Å²) < 4.78 is 41.4. The molecule has 0 bridgehead atoms. The molecule has 106 valence electrons. The highest BCUT2D eigenvalue weighted by Crippen LogP contribution is 2.34. The standard InChI is InChI=1S/C15H14F3NS/c1-9(19)6-10-7-12(17)15(13(18)8-10)20-14-5-3-2-4-11(14)16/h2-5,7-9H,6,19H2,1H3. The first-order chi connectivity index (χ1) is 9.47. The molecule has 0 saturated carbocycles. The first kappa shape index (κ1) is 14.9. The third-order valence-corrected chi connectivity index (χ3v) is 3.81. The summed E-state index contributed by atoms with van der Waals surface area (Å²) in [6, 6.07) is 8.19. The first-order valence-electron chi connectivity index (χ1n) is 6.13. The lowest BCUT2D eigenvalue weighted by molar-refractivity contribution is 0.535. The lowest BCUT2D eigenvalue weighted by Crippen LogP contribution is -2.18. The summed E-state index contributed by atoms with van der Waals surface area (Å²) in [6.07, 6.45) is 0.387. The van der Waals surface area contributed by atoms with Crippen molar-refractivity contribution in [2.75, 3.05) is 0 Å². The van der Waals surface area contributed by atoms with Crippen LogP contribution in [0.2, 0.25) is 0 Å². The van der Waals surface area contributed by atoms with Crippen molar-refractivity contribution in [1.29, 1.82) is 0 Å². The van der Waals surface area contributed by atoms with E-state index in [-0.39, 0.29) is 15.8 Å². The average Bonchev–Trinajstić information content (AvgIpc) is 2.35. The summed E-state index contributed by atoms with van der Waals surface area (Å²) in [5.74, 6) is -1.90. The largest absolute Gasteiger partial charge is 0.328 e. The predicted molar refractivity (Wildman–Crippen MR) is 74.2 cm³/mol. The molecule has 2 aromatic rings. The molecule has 0 saturated heterocycles. The van der Waals surface area contributed by atoms with Gasteiger partial charge < -0.3 is 5.73 Å². The minimum atomic E-state index is -0.700. The molecule has 0 fully saturated rings. The zero-order valence-corrected chi connectivity index (χ0v) is 11.7. The first-order valence-corrected chi connectivity index (χ1v) is 6.95. The number of rotatable bonds is 4. The van der Waals surface area contributed by atoms with Crippen molar-refractivity contribution in [2.24, 2.45) is 5.73 Å². The minimum Gasteiger partial charge on any atom is -0.328 e. The molecule has 1 unspecified atom stereocenters. The van der Waals surface area contributed by atoms with Gasteiger partial charge in [0.25, 0.3) is 0 Å². The van der Waals surface area contributed by atoms with Crippen molar-refractivity contribution in [3.8, 4) is 0 Å². The van der Waals surface area contributed by atoms with Crippen LogP contribution >= 0.6 is 11.8 Å². The Morgan fingerprint density at radius 1 is 1.05 bits per heavy atom. The van der Waals surface area contributed by atoms with Crippen LogP contribution in [-0.2, 0) is 6.42 Å². The molecular weight excluding hydrogens is 283 g/mol. The van der Waals surface area contributed by atoms with E-state index >= 15 is 0 Å². The molecule has 0 aliphatic heterocycles. The summed E-state index contributed by atoms with van der Waals surface area (Å²) in [5.41, 5.74) is 6.10. The Kier molecular flexibility index (Phi) is 4.73. The molecular formula is C15H14F3NS. The summed E-state index contributed by atoms with van der Waals surface area (Å²) in [6.45, 7) is 1.76. The van der Waals surface area contributed by atoms with E-state index in [9.17, 15) is 13.2 Å². The van der Waals surface area contributed by atoms with E-state index in [0.29, 0.717) is 12.0 Å². The second-order valence-electron chi connectivity index (χ2n) is 4.60. The molecule has 20 heavy (non-hydrogen) atoms. The molecule has 2 aromatic carbocycles. The number of hydrogen-bond acceptors (Lipinski definition) is 2. The van der Waals surface area contributed by atoms with Gasteiger partial charge >= 0.3 is 0 Å². The summed E-state index contributed by atoms with van der Waals surface area (Å²) >= 11 is 0.739. The highest BCUT2D eigenvalue weighted by Gasteiger charge is 2.15. The highest BCUT2D eigenvalue weighted by atomic mass is 32.2. The van der Waals surface area contributed by atoms with Gasteiger partial charge in [0.2, 0.25) is 0 Å². The Labute approximate surface area is 120 Å². The van der Waals surface area contributed by atoms with Crippen molar-refractivity contribution in [1.82, 2.24) is 0 Å². The molecule has 0 amide bonds. The molecule has 1 nitrogen and oxygen atoms in total. The monoisotopic (exact) mass is 297 g/mol. The van der Waals surface area contributed by atoms with Gasteiger partial charge in [-0.25, -0.2) is 13.2 Å². The van der Waals surface area contributed by atoms with Gasteiger partial charge in [-0.05, 0) is 43.2 Å². The fraction of sp³-hybridized carbons (Fsp3) is 0.200. The highest BCUT2D eigenvalue weighted by molar-refractivity contribution is 7.99. The molecule has 0 heterocycles. The molecule has 0 radical (unpaired) electrons. The van der Waals surface area contributed by atoms with Crippen LogP contribution in [0.15, 0.2) is 46.2 Å². The molecule has 0 spiro atoms. The Balaban J connectivity index is 2.31. The maximum absolute atomic E-state index is 14.0. The van der Waals surface area contributed by atoms with Crippen molar-refractivity contribution >= 4 is 11.8 Å². The SMILES string of the molecule is CC(N)Cc1cc(F)c(Sc2ccccc2F)c(F)c1. The summed E-state index contributed by atoms with van der Waals surface area (Å²) in [5, 5.41) is 0. The third-order valence-electron chi connectivity index (χ3n) is 2.66. The van der Waals surface area contributed by atoms with Gasteiger partial charge in [0.1, 0.15) is 17.5 Å². The molecule has 1 atom stereocenters. The molecule has 0 aromatic heterocycles. The van der Waals surface area contributed by atoms with Crippen LogP contribution in [0.5, 0.6) is 0 Å². The quantitative estimate of drug-likeness (QED) is 0.917. The molecule has 0 aliphatic rings. The van der Waals surface area contributed by atoms with Crippen molar-refractivity contribution in [3.63, 3.8) is 0 Å². The van der Waals surface area contributed by atoms with E-state index in [2.05, 4.69) is 0 Å². The van der Waals surface area contributed by atoms with Crippen LogP contribution in [-0.4, -0.2) is 6.04 Å². The minimum absolute atomic E-state index is 0.182. The van der Waals surface area contributed by atoms with Gasteiger partial charge in [-0.3, -0.25) is 0 Å². The molecule has 0 aliphatic carbocycles. The maximum atomic E-state index is 14.0. The van der Waals surface area contributed by atoms with Crippen molar-refractivity contribution in [2.45, 2.75) is 29.2 Å². The van der Waals surface area contributed by atoms with E-state index in [1.54, 1.807) is 13.0 Å². The Hall–Kier alpha value is -1.46. The van der Waals surface area contributed by atoms with Gasteiger partial charge in [0.15, 0.2) is 0 Å². The van der Waals surface area contributed by atoms with E-state index in [1.165, 1.54) is 30.3 Å². The molecule has 5 heteroatoms. The van der Waals surface area contributed by atoms with Gasteiger partial charge in [-0.1, -0.05) is 23.9 Å². The van der Waals surface area contributed by atoms with Crippen LogP contribution in [0, 0.1) is 17.5 Å². The zero-order valence-electron chi connectivity index (χ0n) is 10.9. The van der Waals surface area contributed by atoms with Crippen molar-refractivity contribution in [3.05, 3.63) is 59.4 Å². The Morgan fingerprint density at radius 2 is 1.65 bits per heavy atom. The second-order valence-corrected chi connectivity index (χ2v) is 5.65. The molecule has 2 N–H and O–H groups in total. The number of hydrogen-bond donors (Lipinski definition) is 1. The Bertz CT molecular complexity index is 591. The fourth-order valence-electron chi connectivity index (χ4n) is 1.84. The number of halogens is 3. The van der Waals surface area contributed by atoms with Crippen LogP contribution < -0.4 is 5.73 Å². The normalized spacial score (nSPS) is 12.4. The number of nitrogens with two attached hydrogens (primary N) is 1. The van der Waals surface area contributed by atoms with Crippen LogP contribution in [0.25, 0.3) is 0 Å². The number of benzene rings is 2. The van der Waals surface area contributed by atoms with E-state index in [0.717, 1.165) is 11.8 Å². The van der Waals surface area contributed by atoms with Gasteiger partial charge in [-0.2, -0.15) is 0 Å². The second kappa shape index (κ2) is 6.33. The smallest absolute Gasteiger partial charge is 0.140 e. The van der Waals surface area contributed by atoms with Crippen LogP contribution in [0.4, 0.5) is 13.2 Å². The fourth-order valence-corrected chi connectivity index (χ4v) is 2.68. The maximum Gasteiger partial charge on any atom is 0.140 e. The molecule has 2 rings (SSSR count). The van der Waals surface area contributed by atoms with Crippen molar-refractivity contribution < 1.29 is 13.2 Å². The van der Waals surface area contributed by atoms with Crippen LogP contribution in [0.3, 0.4) is 0 Å². The topological polar surface area (TPSA) is 26.0 Å². The van der Waals surface area contributed by atoms with Crippen LogP contribution in [0.1, 0.15) is 12.5 Å². The van der Waals surface area contributed by atoms with E-state index < -0.39 is 17.5 Å². The summed E-state index contributed by atoms with van der Waals surface area (Å²) in [7, 11) is 0. The predicted octanol–water partition coefficient (Wildman–Crippen LogP) is 4.14. The Morgan fingerprint density at radius 3 is 2.20 bits per heavy atom. The van der Waals surface area contributed by atoms with E-state index in [1.807, 2.05) is 0 Å².